The van der Waals surface area contributed by atoms with Crippen molar-refractivity contribution < 1.29 is 18.9 Å². The summed E-state index contributed by atoms with van der Waals surface area (Å²) < 4.78 is 5.10. The SMILES string of the molecule is CC(=O)N1CCN(C(=O)CCc2c(C)noc2C)CC(C(N)=O)C1. The molecule has 1 aliphatic heterocycles. The molecule has 1 aromatic heterocycles. The highest BCUT2D eigenvalue weighted by molar-refractivity contribution is 5.81. The largest absolute Gasteiger partial charge is 0.369 e. The van der Waals surface area contributed by atoms with Crippen LogP contribution in [-0.4, -0.2) is 58.9 Å². The lowest BCUT2D eigenvalue weighted by atomic mass is 10.1. The van der Waals surface area contributed by atoms with Gasteiger partial charge in [0.1, 0.15) is 5.76 Å². The quantitative estimate of drug-likeness (QED) is 0.833. The van der Waals surface area contributed by atoms with E-state index >= 15 is 0 Å². The molecule has 0 aliphatic carbocycles. The molecule has 0 bridgehead atoms. The molecule has 3 amide bonds. The van der Waals surface area contributed by atoms with Crippen LogP contribution in [-0.2, 0) is 20.8 Å². The molecule has 0 saturated carbocycles. The molecule has 1 fully saturated rings. The Hall–Kier alpha value is -2.38. The molecule has 132 valence electrons. The maximum atomic E-state index is 12.5. The highest BCUT2D eigenvalue weighted by atomic mass is 16.5. The lowest BCUT2D eigenvalue weighted by Gasteiger charge is -2.22. The van der Waals surface area contributed by atoms with Crippen LogP contribution >= 0.6 is 0 Å². The van der Waals surface area contributed by atoms with Gasteiger partial charge in [-0.05, 0) is 20.3 Å². The van der Waals surface area contributed by atoms with Crippen molar-refractivity contribution in [3.8, 4) is 0 Å². The van der Waals surface area contributed by atoms with Gasteiger partial charge in [0, 0.05) is 45.1 Å². The summed E-state index contributed by atoms with van der Waals surface area (Å²) >= 11 is 0. The summed E-state index contributed by atoms with van der Waals surface area (Å²) in [7, 11) is 0. The molecule has 2 rings (SSSR count). The smallest absolute Gasteiger partial charge is 0.224 e. The van der Waals surface area contributed by atoms with Crippen molar-refractivity contribution >= 4 is 17.7 Å². The average Bonchev–Trinajstić information content (AvgIpc) is 2.74. The van der Waals surface area contributed by atoms with Gasteiger partial charge in [-0.2, -0.15) is 0 Å². The molecule has 2 heterocycles. The van der Waals surface area contributed by atoms with Crippen LogP contribution in [0.5, 0.6) is 0 Å². The van der Waals surface area contributed by atoms with E-state index < -0.39 is 11.8 Å². The number of aromatic nitrogens is 1. The normalized spacial score (nSPS) is 18.4. The zero-order valence-corrected chi connectivity index (χ0v) is 14.4. The Morgan fingerprint density at radius 2 is 1.83 bits per heavy atom. The van der Waals surface area contributed by atoms with Gasteiger partial charge in [0.05, 0.1) is 11.6 Å². The summed E-state index contributed by atoms with van der Waals surface area (Å²) in [6.45, 7) is 6.44. The zero-order chi connectivity index (χ0) is 17.9. The summed E-state index contributed by atoms with van der Waals surface area (Å²) in [5, 5.41) is 3.88. The van der Waals surface area contributed by atoms with Gasteiger partial charge in [-0.25, -0.2) is 0 Å². The Morgan fingerprint density at radius 3 is 2.38 bits per heavy atom. The monoisotopic (exact) mass is 336 g/mol. The molecule has 24 heavy (non-hydrogen) atoms. The third kappa shape index (κ3) is 4.12. The minimum atomic E-state index is -0.542. The van der Waals surface area contributed by atoms with E-state index in [0.717, 1.165) is 11.3 Å². The number of carbonyl (C=O) groups is 3. The number of primary amides is 1. The molecule has 0 aromatic carbocycles. The first-order valence-corrected chi connectivity index (χ1v) is 8.04. The fourth-order valence-electron chi connectivity index (χ4n) is 2.96. The Bertz CT molecular complexity index is 621. The highest BCUT2D eigenvalue weighted by Crippen LogP contribution is 2.16. The number of hydrogen-bond acceptors (Lipinski definition) is 5. The molecule has 1 saturated heterocycles. The second-order valence-corrected chi connectivity index (χ2v) is 6.21. The second kappa shape index (κ2) is 7.46. The van der Waals surface area contributed by atoms with Gasteiger partial charge in [0.2, 0.25) is 17.7 Å². The van der Waals surface area contributed by atoms with E-state index in [1.165, 1.54) is 6.92 Å². The Balaban J connectivity index is 2.02. The number of nitrogens with two attached hydrogens (primary N) is 1. The van der Waals surface area contributed by atoms with Crippen molar-refractivity contribution in [2.24, 2.45) is 11.7 Å². The summed E-state index contributed by atoms with van der Waals surface area (Å²) in [6.07, 6.45) is 0.836. The Morgan fingerprint density at radius 1 is 1.21 bits per heavy atom. The minimum Gasteiger partial charge on any atom is -0.369 e. The topological polar surface area (TPSA) is 110 Å². The third-order valence-corrected chi connectivity index (χ3v) is 4.49. The number of nitrogens with zero attached hydrogens (tertiary/aromatic N) is 3. The van der Waals surface area contributed by atoms with Gasteiger partial charge in [0.25, 0.3) is 0 Å². The van der Waals surface area contributed by atoms with Crippen LogP contribution in [0.1, 0.15) is 30.4 Å². The fraction of sp³-hybridized carbons (Fsp3) is 0.625. The number of rotatable bonds is 4. The molecular formula is C16H24N4O4. The standard InChI is InChI=1S/C16H24N4O4/c1-10-14(11(2)24-18-10)4-5-15(22)20-7-6-19(12(3)21)8-13(9-20)16(17)23/h13H,4-9H2,1-3H3,(H2,17,23). The first kappa shape index (κ1) is 18.0. The van der Waals surface area contributed by atoms with Crippen molar-refractivity contribution in [1.29, 1.82) is 0 Å². The lowest BCUT2D eigenvalue weighted by Crippen LogP contribution is -2.41. The third-order valence-electron chi connectivity index (χ3n) is 4.49. The highest BCUT2D eigenvalue weighted by Gasteiger charge is 2.29. The predicted molar refractivity (Wildman–Crippen MR) is 85.8 cm³/mol. The Kier molecular flexibility index (Phi) is 5.58. The molecule has 0 radical (unpaired) electrons. The summed E-state index contributed by atoms with van der Waals surface area (Å²) in [5.74, 6) is -0.502. The fourth-order valence-corrected chi connectivity index (χ4v) is 2.96. The van der Waals surface area contributed by atoms with Crippen molar-refractivity contribution in [2.75, 3.05) is 26.2 Å². The van der Waals surface area contributed by atoms with E-state index in [1.807, 2.05) is 13.8 Å². The van der Waals surface area contributed by atoms with E-state index in [0.29, 0.717) is 31.7 Å². The van der Waals surface area contributed by atoms with Gasteiger partial charge in [0.15, 0.2) is 0 Å². The van der Waals surface area contributed by atoms with Crippen LogP contribution in [0, 0.1) is 19.8 Å². The predicted octanol–water partition coefficient (Wildman–Crippen LogP) is 0.0162. The maximum Gasteiger partial charge on any atom is 0.224 e. The lowest BCUT2D eigenvalue weighted by molar-refractivity contribution is -0.132. The average molecular weight is 336 g/mol. The van der Waals surface area contributed by atoms with E-state index in [4.69, 9.17) is 10.3 Å². The molecule has 1 unspecified atom stereocenters. The molecule has 1 aliphatic rings. The molecule has 2 N–H and O–H groups in total. The van der Waals surface area contributed by atoms with Crippen LogP contribution in [0.25, 0.3) is 0 Å². The first-order chi connectivity index (χ1) is 11.3. The van der Waals surface area contributed by atoms with Crippen molar-refractivity contribution in [3.05, 3.63) is 17.0 Å². The van der Waals surface area contributed by atoms with E-state index in [9.17, 15) is 14.4 Å². The van der Waals surface area contributed by atoms with Gasteiger partial charge in [-0.1, -0.05) is 5.16 Å². The molecule has 1 aromatic rings. The molecule has 8 heteroatoms. The van der Waals surface area contributed by atoms with Crippen LogP contribution in [0.4, 0.5) is 0 Å². The van der Waals surface area contributed by atoms with E-state index in [1.54, 1.807) is 9.80 Å². The van der Waals surface area contributed by atoms with E-state index in [2.05, 4.69) is 5.16 Å². The van der Waals surface area contributed by atoms with Gasteiger partial charge >= 0.3 is 0 Å². The molecular weight excluding hydrogens is 312 g/mol. The van der Waals surface area contributed by atoms with Gasteiger partial charge in [-0.3, -0.25) is 14.4 Å². The summed E-state index contributed by atoms with van der Waals surface area (Å²) in [6, 6.07) is 0. The zero-order valence-electron chi connectivity index (χ0n) is 14.4. The Labute approximate surface area is 140 Å². The molecule has 1 atom stereocenters. The van der Waals surface area contributed by atoms with Crippen molar-refractivity contribution in [3.63, 3.8) is 0 Å². The summed E-state index contributed by atoms with van der Waals surface area (Å²) in [5.41, 5.74) is 7.14. The second-order valence-electron chi connectivity index (χ2n) is 6.21. The first-order valence-electron chi connectivity index (χ1n) is 8.04. The van der Waals surface area contributed by atoms with Gasteiger partial charge in [-0.15, -0.1) is 0 Å². The number of aryl methyl sites for hydroxylation is 2. The molecule has 8 nitrogen and oxygen atoms in total. The van der Waals surface area contributed by atoms with E-state index in [-0.39, 0.29) is 24.9 Å². The van der Waals surface area contributed by atoms with Crippen LogP contribution in [0.15, 0.2) is 4.52 Å². The van der Waals surface area contributed by atoms with Gasteiger partial charge < -0.3 is 20.1 Å². The maximum absolute atomic E-state index is 12.5. The minimum absolute atomic E-state index is 0.0633. The van der Waals surface area contributed by atoms with Crippen LogP contribution < -0.4 is 5.73 Å². The summed E-state index contributed by atoms with van der Waals surface area (Å²) in [4.78, 5) is 38.9. The van der Waals surface area contributed by atoms with Crippen molar-refractivity contribution in [2.45, 2.75) is 33.6 Å². The number of amides is 3. The number of carbonyl (C=O) groups excluding carboxylic acids is 3. The molecule has 0 spiro atoms. The number of hydrogen-bond donors (Lipinski definition) is 1. The van der Waals surface area contributed by atoms with Crippen LogP contribution in [0.2, 0.25) is 0 Å². The van der Waals surface area contributed by atoms with Crippen LogP contribution in [0.3, 0.4) is 0 Å². The van der Waals surface area contributed by atoms with Crippen molar-refractivity contribution in [1.82, 2.24) is 15.0 Å².